The monoisotopic (exact) mass is 588 g/mol. The molecule has 0 radical (unpaired) electrons. The lowest BCUT2D eigenvalue weighted by Gasteiger charge is -2.19. The Morgan fingerprint density at radius 3 is 1.65 bits per heavy atom. The third-order valence-electron chi connectivity index (χ3n) is 9.05. The Balaban J connectivity index is 1.35. The van der Waals surface area contributed by atoms with Crippen LogP contribution >= 0.6 is 0 Å². The smallest absolute Gasteiger partial charge is 0.138 e. The van der Waals surface area contributed by atoms with Crippen molar-refractivity contribution in [3.63, 3.8) is 0 Å². The van der Waals surface area contributed by atoms with Gasteiger partial charge >= 0.3 is 0 Å². The first-order chi connectivity index (χ1) is 22.7. The van der Waals surface area contributed by atoms with E-state index in [2.05, 4.69) is 171 Å². The van der Waals surface area contributed by atoms with Crippen molar-refractivity contribution in [2.24, 2.45) is 0 Å². The minimum atomic E-state index is 0.867. The molecule has 0 saturated carbocycles. The van der Waals surface area contributed by atoms with Crippen LogP contribution in [0.3, 0.4) is 0 Å². The van der Waals surface area contributed by atoms with Gasteiger partial charge in [-0.25, -0.2) is 0 Å². The summed E-state index contributed by atoms with van der Waals surface area (Å²) in [4.78, 5) is 0. The number of hydrogen-bond donors (Lipinski definition) is 0. The SMILES string of the molecule is C=C/C=C(\c1oc2cccc(-c3ccc(-c4ccccc4)cc3)c2c1C)c1c2ccccc2c(-c2ccccc2)c2ccccc12. The van der Waals surface area contributed by atoms with E-state index in [0.29, 0.717) is 0 Å². The first-order valence-electron chi connectivity index (χ1n) is 15.7. The number of benzene rings is 7. The van der Waals surface area contributed by atoms with E-state index in [1.54, 1.807) is 0 Å². The van der Waals surface area contributed by atoms with Gasteiger partial charge in [0.15, 0.2) is 0 Å². The Labute approximate surface area is 269 Å². The van der Waals surface area contributed by atoms with Crippen LogP contribution in [-0.4, -0.2) is 0 Å². The predicted molar refractivity (Wildman–Crippen MR) is 196 cm³/mol. The van der Waals surface area contributed by atoms with Crippen molar-refractivity contribution >= 4 is 38.1 Å². The molecule has 0 atom stereocenters. The van der Waals surface area contributed by atoms with E-state index >= 15 is 0 Å². The topological polar surface area (TPSA) is 13.1 Å². The van der Waals surface area contributed by atoms with E-state index in [9.17, 15) is 0 Å². The number of hydrogen-bond acceptors (Lipinski definition) is 1. The largest absolute Gasteiger partial charge is 0.456 e. The third-order valence-corrected chi connectivity index (χ3v) is 9.05. The molecule has 0 aliphatic carbocycles. The zero-order chi connectivity index (χ0) is 31.0. The highest BCUT2D eigenvalue weighted by Gasteiger charge is 2.23. The molecular weight excluding hydrogens is 556 g/mol. The van der Waals surface area contributed by atoms with Crippen molar-refractivity contribution in [1.29, 1.82) is 0 Å². The number of fused-ring (bicyclic) bond motifs is 3. The Hall–Kier alpha value is -5.92. The van der Waals surface area contributed by atoms with Gasteiger partial charge in [0.25, 0.3) is 0 Å². The van der Waals surface area contributed by atoms with E-state index in [-0.39, 0.29) is 0 Å². The first kappa shape index (κ1) is 27.6. The molecule has 1 aromatic heterocycles. The molecule has 7 aromatic carbocycles. The highest BCUT2D eigenvalue weighted by Crippen LogP contribution is 2.46. The first-order valence-corrected chi connectivity index (χ1v) is 15.7. The van der Waals surface area contributed by atoms with Gasteiger partial charge in [-0.2, -0.15) is 0 Å². The van der Waals surface area contributed by atoms with Gasteiger partial charge in [0.1, 0.15) is 11.3 Å². The van der Waals surface area contributed by atoms with Crippen molar-refractivity contribution in [3.05, 3.63) is 187 Å². The highest BCUT2D eigenvalue weighted by atomic mass is 16.3. The molecule has 0 saturated heterocycles. The second-order valence-corrected chi connectivity index (χ2v) is 11.7. The van der Waals surface area contributed by atoms with Gasteiger partial charge < -0.3 is 4.42 Å². The Morgan fingerprint density at radius 2 is 1.04 bits per heavy atom. The van der Waals surface area contributed by atoms with Gasteiger partial charge in [0, 0.05) is 22.1 Å². The fraction of sp³-hybridized carbons (Fsp3) is 0.0222. The number of furan rings is 1. The molecule has 46 heavy (non-hydrogen) atoms. The van der Waals surface area contributed by atoms with Gasteiger partial charge in [0.2, 0.25) is 0 Å². The van der Waals surface area contributed by atoms with Crippen LogP contribution in [-0.2, 0) is 0 Å². The average Bonchev–Trinajstić information content (AvgIpc) is 3.46. The molecule has 1 heteroatoms. The molecule has 1 nitrogen and oxygen atoms in total. The van der Waals surface area contributed by atoms with E-state index in [1.165, 1.54) is 43.8 Å². The van der Waals surface area contributed by atoms with Crippen molar-refractivity contribution in [1.82, 2.24) is 0 Å². The van der Waals surface area contributed by atoms with Crippen LogP contribution < -0.4 is 0 Å². The molecule has 1 heterocycles. The molecule has 0 spiro atoms. The standard InChI is InChI=1S/C45H32O/c1-3-15-40(44-38-22-12-10-20-36(38)43(34-18-8-5-9-19-34)37-21-11-13-23-39(37)44)45-30(2)42-35(24-14-25-41(42)46-45)33-28-26-32(27-29-33)31-16-6-4-7-17-31/h3-29H,1H2,2H3/b40-15-. The highest BCUT2D eigenvalue weighted by molar-refractivity contribution is 6.20. The summed E-state index contributed by atoms with van der Waals surface area (Å²) >= 11 is 0. The van der Waals surface area contributed by atoms with Gasteiger partial charge in [-0.05, 0) is 67.9 Å². The molecular formula is C45H32O. The quantitative estimate of drug-likeness (QED) is 0.139. The van der Waals surface area contributed by atoms with Crippen LogP contribution in [0.4, 0.5) is 0 Å². The zero-order valence-corrected chi connectivity index (χ0v) is 25.7. The van der Waals surface area contributed by atoms with Gasteiger partial charge in [0.05, 0.1) is 0 Å². The second kappa shape index (κ2) is 11.5. The van der Waals surface area contributed by atoms with Gasteiger partial charge in [-0.15, -0.1) is 0 Å². The molecule has 218 valence electrons. The molecule has 0 unspecified atom stereocenters. The lowest BCUT2D eigenvalue weighted by Crippen LogP contribution is -1.95. The van der Waals surface area contributed by atoms with Crippen molar-refractivity contribution in [2.45, 2.75) is 6.92 Å². The Morgan fingerprint density at radius 1 is 0.522 bits per heavy atom. The van der Waals surface area contributed by atoms with Crippen molar-refractivity contribution in [3.8, 4) is 33.4 Å². The summed E-state index contributed by atoms with van der Waals surface area (Å²) in [5.74, 6) is 0.867. The fourth-order valence-corrected chi connectivity index (χ4v) is 7.00. The molecule has 0 N–H and O–H groups in total. The molecule has 8 rings (SSSR count). The Kier molecular flexibility index (Phi) is 6.93. The Bertz CT molecular complexity index is 2350. The van der Waals surface area contributed by atoms with Gasteiger partial charge in [-0.1, -0.05) is 164 Å². The van der Waals surface area contributed by atoms with Crippen molar-refractivity contribution < 1.29 is 4.42 Å². The van der Waals surface area contributed by atoms with E-state index in [4.69, 9.17) is 4.42 Å². The second-order valence-electron chi connectivity index (χ2n) is 11.7. The maximum absolute atomic E-state index is 6.82. The number of rotatable bonds is 6. The minimum Gasteiger partial charge on any atom is -0.456 e. The van der Waals surface area contributed by atoms with Crippen LogP contribution in [0.15, 0.2) is 175 Å². The summed E-state index contributed by atoms with van der Waals surface area (Å²) in [5.41, 5.74) is 11.4. The molecule has 0 aliphatic heterocycles. The van der Waals surface area contributed by atoms with Crippen LogP contribution in [0.25, 0.3) is 71.5 Å². The summed E-state index contributed by atoms with van der Waals surface area (Å²) < 4.78 is 6.82. The molecule has 0 aliphatic rings. The summed E-state index contributed by atoms with van der Waals surface area (Å²) in [6, 6.07) is 53.9. The van der Waals surface area contributed by atoms with Crippen LogP contribution in [0.1, 0.15) is 16.9 Å². The lowest BCUT2D eigenvalue weighted by molar-refractivity contribution is 0.597. The average molecular weight is 589 g/mol. The van der Waals surface area contributed by atoms with Gasteiger partial charge in [-0.3, -0.25) is 0 Å². The lowest BCUT2D eigenvalue weighted by atomic mass is 9.84. The maximum atomic E-state index is 6.82. The minimum absolute atomic E-state index is 0.867. The number of aryl methyl sites for hydroxylation is 1. The van der Waals surface area contributed by atoms with Crippen molar-refractivity contribution in [2.75, 3.05) is 0 Å². The summed E-state index contributed by atoms with van der Waals surface area (Å²) in [5, 5.41) is 5.93. The van der Waals surface area contributed by atoms with Crippen LogP contribution in [0.2, 0.25) is 0 Å². The van der Waals surface area contributed by atoms with Crippen LogP contribution in [0, 0.1) is 6.92 Å². The van der Waals surface area contributed by atoms with E-state index in [1.807, 2.05) is 6.08 Å². The molecule has 0 amide bonds. The maximum Gasteiger partial charge on any atom is 0.138 e. The summed E-state index contributed by atoms with van der Waals surface area (Å²) in [6.45, 7) is 6.32. The fourth-order valence-electron chi connectivity index (χ4n) is 7.00. The third kappa shape index (κ3) is 4.57. The number of allylic oxidation sites excluding steroid dienone is 2. The molecule has 8 aromatic rings. The van der Waals surface area contributed by atoms with Crippen LogP contribution in [0.5, 0.6) is 0 Å². The summed E-state index contributed by atoms with van der Waals surface area (Å²) in [6.07, 6.45) is 3.98. The molecule has 0 bridgehead atoms. The molecule has 0 fully saturated rings. The predicted octanol–water partition coefficient (Wildman–Crippen LogP) is 12.7. The summed E-state index contributed by atoms with van der Waals surface area (Å²) in [7, 11) is 0. The zero-order valence-electron chi connectivity index (χ0n) is 25.7. The van der Waals surface area contributed by atoms with E-state index in [0.717, 1.165) is 44.6 Å². The van der Waals surface area contributed by atoms with E-state index < -0.39 is 0 Å². The normalized spacial score (nSPS) is 11.8.